The van der Waals surface area contributed by atoms with E-state index in [0.717, 1.165) is 12.1 Å². The molecule has 2 aromatic heterocycles. The molecule has 3 aromatic rings. The van der Waals surface area contributed by atoms with E-state index in [1.807, 2.05) is 0 Å². The molecule has 1 unspecified atom stereocenters. The highest BCUT2D eigenvalue weighted by atomic mass is 19.4. The summed E-state index contributed by atoms with van der Waals surface area (Å²) in [6.45, 7) is 0.0815. The number of anilines is 1. The van der Waals surface area contributed by atoms with Crippen molar-refractivity contribution >= 4 is 11.5 Å². The fourth-order valence-electron chi connectivity index (χ4n) is 3.04. The SMILES string of the molecule is OC1(F)CCN(c2ccc3ncc(-c4cccc(C(F)(F)F)c4)n3n2)C1. The zero-order valence-electron chi connectivity index (χ0n) is 13.4. The number of β-amino-alcohol motifs (C(OH)–C–C–N with tert-alkyl or cyclic N) is 1. The normalized spacial score (nSPS) is 20.9. The van der Waals surface area contributed by atoms with Crippen LogP contribution in [0.3, 0.4) is 0 Å². The van der Waals surface area contributed by atoms with E-state index in [9.17, 15) is 22.7 Å². The quantitative estimate of drug-likeness (QED) is 0.708. The highest BCUT2D eigenvalue weighted by molar-refractivity contribution is 5.64. The van der Waals surface area contributed by atoms with E-state index < -0.39 is 17.6 Å². The molecule has 1 atom stereocenters. The molecule has 1 fully saturated rings. The lowest BCUT2D eigenvalue weighted by molar-refractivity contribution is -0.137. The first-order valence-electron chi connectivity index (χ1n) is 7.92. The summed E-state index contributed by atoms with van der Waals surface area (Å²) in [6.07, 6.45) is -3.04. The third kappa shape index (κ3) is 2.98. The fourth-order valence-corrected chi connectivity index (χ4v) is 3.04. The van der Waals surface area contributed by atoms with Crippen molar-refractivity contribution in [1.82, 2.24) is 14.6 Å². The Morgan fingerprint density at radius 3 is 2.65 bits per heavy atom. The van der Waals surface area contributed by atoms with Crippen LogP contribution in [-0.2, 0) is 6.18 Å². The molecule has 0 spiro atoms. The molecule has 3 heterocycles. The Kier molecular flexibility index (Phi) is 3.65. The van der Waals surface area contributed by atoms with Crippen molar-refractivity contribution in [2.75, 3.05) is 18.0 Å². The van der Waals surface area contributed by atoms with E-state index >= 15 is 0 Å². The molecule has 5 nitrogen and oxygen atoms in total. The molecule has 0 saturated carbocycles. The van der Waals surface area contributed by atoms with Crippen LogP contribution in [-0.4, -0.2) is 38.6 Å². The van der Waals surface area contributed by atoms with Gasteiger partial charge in [0.2, 0.25) is 5.85 Å². The van der Waals surface area contributed by atoms with Crippen LogP contribution in [0, 0.1) is 0 Å². The molecule has 0 radical (unpaired) electrons. The van der Waals surface area contributed by atoms with Crippen LogP contribution in [0.25, 0.3) is 16.9 Å². The topological polar surface area (TPSA) is 53.7 Å². The molecule has 1 aliphatic rings. The van der Waals surface area contributed by atoms with Gasteiger partial charge in [-0.1, -0.05) is 12.1 Å². The Labute approximate surface area is 145 Å². The number of nitrogens with zero attached hydrogens (tertiary/aromatic N) is 4. The average molecular weight is 366 g/mol. The predicted octanol–water partition coefficient (Wildman–Crippen LogP) is 3.28. The summed E-state index contributed by atoms with van der Waals surface area (Å²) in [7, 11) is 0. The number of aromatic nitrogens is 3. The summed E-state index contributed by atoms with van der Waals surface area (Å²) < 4.78 is 54.0. The monoisotopic (exact) mass is 366 g/mol. The van der Waals surface area contributed by atoms with Gasteiger partial charge >= 0.3 is 6.18 Å². The van der Waals surface area contributed by atoms with Gasteiger partial charge in [0.1, 0.15) is 5.82 Å². The number of alkyl halides is 4. The smallest absolute Gasteiger partial charge is 0.360 e. The Morgan fingerprint density at radius 1 is 1.15 bits per heavy atom. The minimum Gasteiger partial charge on any atom is -0.360 e. The number of imidazole rings is 1. The summed E-state index contributed by atoms with van der Waals surface area (Å²) in [4.78, 5) is 5.74. The summed E-state index contributed by atoms with van der Waals surface area (Å²) in [5.74, 6) is -1.85. The molecule has 9 heteroatoms. The second-order valence-electron chi connectivity index (χ2n) is 6.27. The zero-order chi connectivity index (χ0) is 18.5. The third-order valence-electron chi connectivity index (χ3n) is 4.36. The maximum atomic E-state index is 13.7. The van der Waals surface area contributed by atoms with Crippen molar-refractivity contribution < 1.29 is 22.7 Å². The molecule has 0 aliphatic carbocycles. The molecular formula is C17H14F4N4O. The van der Waals surface area contributed by atoms with Gasteiger partial charge in [0.05, 0.1) is 24.0 Å². The Balaban J connectivity index is 1.76. The van der Waals surface area contributed by atoms with Crippen molar-refractivity contribution in [2.24, 2.45) is 0 Å². The first kappa shape index (κ1) is 16.8. The van der Waals surface area contributed by atoms with Crippen LogP contribution in [0.2, 0.25) is 0 Å². The average Bonchev–Trinajstić information content (AvgIpc) is 3.16. The van der Waals surface area contributed by atoms with E-state index in [2.05, 4.69) is 10.1 Å². The molecule has 0 bridgehead atoms. The summed E-state index contributed by atoms with van der Waals surface area (Å²) in [5, 5.41) is 13.8. The minimum absolute atomic E-state index is 0.0306. The largest absolute Gasteiger partial charge is 0.416 e. The zero-order valence-corrected chi connectivity index (χ0v) is 13.4. The van der Waals surface area contributed by atoms with Crippen molar-refractivity contribution in [3.8, 4) is 11.3 Å². The first-order chi connectivity index (χ1) is 12.2. The van der Waals surface area contributed by atoms with Gasteiger partial charge in [-0.05, 0) is 24.3 Å². The van der Waals surface area contributed by atoms with E-state index in [1.54, 1.807) is 23.1 Å². The Bertz CT molecular complexity index is 967. The van der Waals surface area contributed by atoms with Crippen LogP contribution in [0.5, 0.6) is 0 Å². The number of rotatable bonds is 2. The Hall–Kier alpha value is -2.68. The molecule has 0 amide bonds. The van der Waals surface area contributed by atoms with Gasteiger partial charge in [0.25, 0.3) is 0 Å². The number of fused-ring (bicyclic) bond motifs is 1. The van der Waals surface area contributed by atoms with Crippen molar-refractivity contribution in [3.63, 3.8) is 0 Å². The maximum Gasteiger partial charge on any atom is 0.416 e. The van der Waals surface area contributed by atoms with E-state index in [1.165, 1.54) is 16.8 Å². The number of hydrogen-bond donors (Lipinski definition) is 1. The van der Waals surface area contributed by atoms with Crippen LogP contribution < -0.4 is 4.90 Å². The number of hydrogen-bond acceptors (Lipinski definition) is 4. The second-order valence-corrected chi connectivity index (χ2v) is 6.27. The van der Waals surface area contributed by atoms with E-state index in [4.69, 9.17) is 0 Å². The molecule has 1 aliphatic heterocycles. The van der Waals surface area contributed by atoms with Gasteiger partial charge in [-0.2, -0.15) is 13.2 Å². The van der Waals surface area contributed by atoms with Crippen molar-refractivity contribution in [2.45, 2.75) is 18.5 Å². The Morgan fingerprint density at radius 2 is 1.96 bits per heavy atom. The molecule has 4 rings (SSSR count). The van der Waals surface area contributed by atoms with Gasteiger partial charge < -0.3 is 10.0 Å². The molecule has 136 valence electrons. The minimum atomic E-state index is -4.45. The van der Waals surface area contributed by atoms with Crippen LogP contribution in [0.4, 0.5) is 23.4 Å². The van der Waals surface area contributed by atoms with Crippen molar-refractivity contribution in [3.05, 3.63) is 48.2 Å². The fraction of sp³-hybridized carbons (Fsp3) is 0.294. The van der Waals surface area contributed by atoms with Crippen LogP contribution in [0.15, 0.2) is 42.6 Å². The first-order valence-corrected chi connectivity index (χ1v) is 7.92. The van der Waals surface area contributed by atoms with E-state index in [-0.39, 0.29) is 13.0 Å². The van der Waals surface area contributed by atoms with Crippen LogP contribution >= 0.6 is 0 Å². The molecular weight excluding hydrogens is 352 g/mol. The summed E-state index contributed by atoms with van der Waals surface area (Å²) >= 11 is 0. The highest BCUT2D eigenvalue weighted by Crippen LogP contribution is 2.32. The van der Waals surface area contributed by atoms with Gasteiger partial charge in [-0.3, -0.25) is 0 Å². The molecule has 26 heavy (non-hydrogen) atoms. The predicted molar refractivity (Wildman–Crippen MR) is 86.3 cm³/mol. The van der Waals surface area contributed by atoms with E-state index in [0.29, 0.717) is 29.3 Å². The van der Waals surface area contributed by atoms with Crippen LogP contribution in [0.1, 0.15) is 12.0 Å². The number of halogens is 4. The maximum absolute atomic E-state index is 13.7. The lowest BCUT2D eigenvalue weighted by Gasteiger charge is -2.17. The number of aliphatic hydroxyl groups is 1. The lowest BCUT2D eigenvalue weighted by Crippen LogP contribution is -2.29. The third-order valence-corrected chi connectivity index (χ3v) is 4.36. The highest BCUT2D eigenvalue weighted by Gasteiger charge is 2.36. The lowest BCUT2D eigenvalue weighted by atomic mass is 10.1. The molecule has 1 saturated heterocycles. The van der Waals surface area contributed by atoms with Gasteiger partial charge in [-0.25, -0.2) is 13.9 Å². The van der Waals surface area contributed by atoms with Gasteiger partial charge in [-0.15, -0.1) is 5.10 Å². The summed E-state index contributed by atoms with van der Waals surface area (Å²) in [6, 6.07) is 8.19. The van der Waals surface area contributed by atoms with Gasteiger partial charge in [0.15, 0.2) is 5.65 Å². The van der Waals surface area contributed by atoms with Gasteiger partial charge in [0, 0.05) is 18.5 Å². The number of benzene rings is 1. The molecule has 1 N–H and O–H groups in total. The standard InChI is InChI=1S/C17H14F4N4O/c18-16(26)6-7-24(10-16)15-5-4-14-22-9-13(25(14)23-15)11-2-1-3-12(8-11)17(19,20)21/h1-5,8-9,26H,6-7,10H2. The van der Waals surface area contributed by atoms with Crippen molar-refractivity contribution in [1.29, 1.82) is 0 Å². The summed E-state index contributed by atoms with van der Waals surface area (Å²) in [5.41, 5.74) is 0.405. The second kappa shape index (κ2) is 5.66. The molecule has 1 aromatic carbocycles.